The second-order valence-electron chi connectivity index (χ2n) is 7.35. The Morgan fingerprint density at radius 2 is 1.85 bits per heavy atom. The van der Waals surface area contributed by atoms with E-state index in [1.165, 1.54) is 6.33 Å². The number of aromatic nitrogens is 5. The molecule has 1 aromatic carbocycles. The zero-order valence-electron chi connectivity index (χ0n) is 15.8. The number of benzene rings is 1. The van der Waals surface area contributed by atoms with Crippen molar-refractivity contribution in [2.45, 2.75) is 46.2 Å². The molecular formula is C19H24N6O. The van der Waals surface area contributed by atoms with Crippen LogP contribution in [0.1, 0.15) is 55.4 Å². The molecule has 0 spiro atoms. The molecule has 0 saturated heterocycles. The van der Waals surface area contributed by atoms with Crippen LogP contribution in [0.25, 0.3) is 5.69 Å². The van der Waals surface area contributed by atoms with Crippen LogP contribution in [-0.4, -0.2) is 30.5 Å². The van der Waals surface area contributed by atoms with Gasteiger partial charge in [-0.15, -0.1) is 0 Å². The van der Waals surface area contributed by atoms with Crippen molar-refractivity contribution in [1.29, 1.82) is 0 Å². The smallest absolute Gasteiger partial charge is 0.255 e. The fourth-order valence-corrected chi connectivity index (χ4v) is 2.92. The standard InChI is InChI=1S/C19H24N6O/c1-13(15-6-8-16(9-7-15)24-12-20-11-22-24)23-18(26)17-10-21-25(14(17)2)19(3,4)5/h6-13H,1-5H3,(H,23,26)/t13-/m0/s1. The van der Waals surface area contributed by atoms with Gasteiger partial charge in [-0.3, -0.25) is 9.48 Å². The van der Waals surface area contributed by atoms with E-state index in [0.29, 0.717) is 5.56 Å². The largest absolute Gasteiger partial charge is 0.345 e. The van der Waals surface area contributed by atoms with Gasteiger partial charge in [0.2, 0.25) is 0 Å². The maximum absolute atomic E-state index is 12.7. The normalized spacial score (nSPS) is 12.8. The summed E-state index contributed by atoms with van der Waals surface area (Å²) in [5, 5.41) is 11.5. The fraction of sp³-hybridized carbons (Fsp3) is 0.368. The number of rotatable bonds is 4. The lowest BCUT2D eigenvalue weighted by molar-refractivity contribution is 0.0939. The molecule has 0 radical (unpaired) electrons. The minimum Gasteiger partial charge on any atom is -0.345 e. The van der Waals surface area contributed by atoms with Gasteiger partial charge >= 0.3 is 0 Å². The molecular weight excluding hydrogens is 328 g/mol. The number of nitrogens with zero attached hydrogens (tertiary/aromatic N) is 5. The number of nitrogens with one attached hydrogen (secondary N) is 1. The van der Waals surface area contributed by atoms with Gasteiger partial charge in [-0.2, -0.15) is 10.2 Å². The van der Waals surface area contributed by atoms with Gasteiger partial charge in [0.25, 0.3) is 5.91 Å². The molecule has 2 aromatic heterocycles. The SMILES string of the molecule is Cc1c(C(=O)N[C@@H](C)c2ccc(-n3cncn3)cc2)cnn1C(C)(C)C. The Morgan fingerprint density at radius 3 is 2.38 bits per heavy atom. The number of carbonyl (C=O) groups is 1. The van der Waals surface area contributed by atoms with Gasteiger partial charge in [0.1, 0.15) is 12.7 Å². The topological polar surface area (TPSA) is 77.6 Å². The first-order valence-electron chi connectivity index (χ1n) is 8.58. The van der Waals surface area contributed by atoms with Gasteiger partial charge in [0, 0.05) is 5.69 Å². The molecule has 1 amide bonds. The van der Waals surface area contributed by atoms with Crippen LogP contribution in [0.2, 0.25) is 0 Å². The lowest BCUT2D eigenvalue weighted by Crippen LogP contribution is -2.28. The van der Waals surface area contributed by atoms with Crippen LogP contribution in [0, 0.1) is 6.92 Å². The highest BCUT2D eigenvalue weighted by Gasteiger charge is 2.22. The summed E-state index contributed by atoms with van der Waals surface area (Å²) in [5.41, 5.74) is 3.25. The van der Waals surface area contributed by atoms with E-state index in [1.807, 2.05) is 42.8 Å². The van der Waals surface area contributed by atoms with E-state index in [-0.39, 0.29) is 17.5 Å². The Kier molecular flexibility index (Phi) is 4.63. The first-order chi connectivity index (χ1) is 12.3. The fourth-order valence-electron chi connectivity index (χ4n) is 2.92. The lowest BCUT2D eigenvalue weighted by atomic mass is 10.1. The van der Waals surface area contributed by atoms with Crippen LogP contribution in [-0.2, 0) is 5.54 Å². The molecule has 0 aliphatic heterocycles. The monoisotopic (exact) mass is 352 g/mol. The molecule has 0 aliphatic carbocycles. The van der Waals surface area contributed by atoms with Crippen molar-refractivity contribution in [3.8, 4) is 5.69 Å². The molecule has 3 rings (SSSR count). The maximum atomic E-state index is 12.7. The molecule has 0 saturated carbocycles. The zero-order chi connectivity index (χ0) is 18.9. The first-order valence-corrected chi connectivity index (χ1v) is 8.58. The Labute approximate surface area is 153 Å². The number of amides is 1. The van der Waals surface area contributed by atoms with E-state index in [1.54, 1.807) is 17.2 Å². The molecule has 7 nitrogen and oxygen atoms in total. The van der Waals surface area contributed by atoms with Crippen molar-refractivity contribution in [3.05, 3.63) is 59.9 Å². The second-order valence-corrected chi connectivity index (χ2v) is 7.35. The van der Waals surface area contributed by atoms with Crippen LogP contribution in [0.15, 0.2) is 43.1 Å². The van der Waals surface area contributed by atoms with Crippen molar-refractivity contribution >= 4 is 5.91 Å². The molecule has 0 unspecified atom stereocenters. The average molecular weight is 352 g/mol. The van der Waals surface area contributed by atoms with E-state index in [0.717, 1.165) is 16.9 Å². The third-order valence-corrected chi connectivity index (χ3v) is 4.31. The van der Waals surface area contributed by atoms with E-state index >= 15 is 0 Å². The molecule has 3 aromatic rings. The number of hydrogen-bond donors (Lipinski definition) is 1. The Balaban J connectivity index is 1.73. The highest BCUT2D eigenvalue weighted by molar-refractivity contribution is 5.95. The molecule has 0 aliphatic rings. The predicted molar refractivity (Wildman–Crippen MR) is 99.2 cm³/mol. The summed E-state index contributed by atoms with van der Waals surface area (Å²) in [6.45, 7) is 10.1. The molecule has 1 N–H and O–H groups in total. The van der Waals surface area contributed by atoms with Crippen LogP contribution in [0.4, 0.5) is 0 Å². The molecule has 0 bridgehead atoms. The van der Waals surface area contributed by atoms with Crippen molar-refractivity contribution in [2.75, 3.05) is 0 Å². The van der Waals surface area contributed by atoms with Crippen molar-refractivity contribution in [3.63, 3.8) is 0 Å². The van der Waals surface area contributed by atoms with Gasteiger partial charge in [0.05, 0.1) is 29.0 Å². The molecule has 136 valence electrons. The highest BCUT2D eigenvalue weighted by atomic mass is 16.1. The maximum Gasteiger partial charge on any atom is 0.255 e. The summed E-state index contributed by atoms with van der Waals surface area (Å²) < 4.78 is 3.57. The van der Waals surface area contributed by atoms with Gasteiger partial charge in [0.15, 0.2) is 0 Å². The first kappa shape index (κ1) is 17.8. The van der Waals surface area contributed by atoms with Crippen LogP contribution in [0.3, 0.4) is 0 Å². The molecule has 0 fully saturated rings. The number of carbonyl (C=O) groups excluding carboxylic acids is 1. The molecule has 2 heterocycles. The van der Waals surface area contributed by atoms with E-state index in [2.05, 4.69) is 41.3 Å². The molecule has 26 heavy (non-hydrogen) atoms. The third kappa shape index (κ3) is 3.51. The van der Waals surface area contributed by atoms with Crippen molar-refractivity contribution < 1.29 is 4.79 Å². The molecule has 1 atom stereocenters. The van der Waals surface area contributed by atoms with Crippen molar-refractivity contribution in [2.24, 2.45) is 0 Å². The Bertz CT molecular complexity index is 887. The minimum absolute atomic E-state index is 0.120. The van der Waals surface area contributed by atoms with E-state index in [9.17, 15) is 4.79 Å². The third-order valence-electron chi connectivity index (χ3n) is 4.31. The van der Waals surface area contributed by atoms with Crippen LogP contribution < -0.4 is 5.32 Å². The van der Waals surface area contributed by atoms with Crippen molar-refractivity contribution in [1.82, 2.24) is 29.9 Å². The van der Waals surface area contributed by atoms with Gasteiger partial charge in [-0.05, 0) is 52.3 Å². The summed E-state index contributed by atoms with van der Waals surface area (Å²) in [5.74, 6) is -0.120. The lowest BCUT2D eigenvalue weighted by Gasteiger charge is -2.21. The molecule has 7 heteroatoms. The van der Waals surface area contributed by atoms with Crippen LogP contribution >= 0.6 is 0 Å². The summed E-state index contributed by atoms with van der Waals surface area (Å²) in [6.07, 6.45) is 4.78. The second kappa shape index (κ2) is 6.74. The Morgan fingerprint density at radius 1 is 1.15 bits per heavy atom. The zero-order valence-corrected chi connectivity index (χ0v) is 15.8. The van der Waals surface area contributed by atoms with Gasteiger partial charge in [-0.25, -0.2) is 9.67 Å². The Hall–Kier alpha value is -2.96. The summed E-state index contributed by atoms with van der Waals surface area (Å²) in [7, 11) is 0. The van der Waals surface area contributed by atoms with E-state index in [4.69, 9.17) is 0 Å². The minimum atomic E-state index is -0.161. The van der Waals surface area contributed by atoms with Gasteiger partial charge < -0.3 is 5.32 Å². The average Bonchev–Trinajstić information content (AvgIpc) is 3.23. The quantitative estimate of drug-likeness (QED) is 0.783. The summed E-state index contributed by atoms with van der Waals surface area (Å²) >= 11 is 0. The number of hydrogen-bond acceptors (Lipinski definition) is 4. The summed E-state index contributed by atoms with van der Waals surface area (Å²) in [6, 6.07) is 7.75. The predicted octanol–water partition coefficient (Wildman–Crippen LogP) is 3.02. The van der Waals surface area contributed by atoms with Crippen LogP contribution in [0.5, 0.6) is 0 Å². The van der Waals surface area contributed by atoms with E-state index < -0.39 is 0 Å². The highest BCUT2D eigenvalue weighted by Crippen LogP contribution is 2.20. The van der Waals surface area contributed by atoms with Gasteiger partial charge in [-0.1, -0.05) is 12.1 Å². The summed E-state index contributed by atoms with van der Waals surface area (Å²) in [4.78, 5) is 16.6.